The molecule has 0 saturated carbocycles. The average Bonchev–Trinajstić information content (AvgIpc) is 2.84. The normalized spacial score (nSPS) is 26.9. The maximum atomic E-state index is 12.0. The number of nitrogens with one attached hydrogen (secondary N) is 1. The fourth-order valence-corrected chi connectivity index (χ4v) is 3.31. The molecule has 142 valence electrons. The highest BCUT2D eigenvalue weighted by atomic mass is 32.5. The highest BCUT2D eigenvalue weighted by Crippen LogP contribution is 2.44. The third-order valence-electron chi connectivity index (χ3n) is 3.45. The third-order valence-corrected chi connectivity index (χ3v) is 4.22. The minimum atomic E-state index is -4.09. The van der Waals surface area contributed by atoms with E-state index in [1.165, 1.54) is 13.3 Å². The summed E-state index contributed by atoms with van der Waals surface area (Å²) >= 11 is 4.48. The average molecular weight is 398 g/mol. The number of H-pyrrole nitrogens is 1. The second-order valence-corrected chi connectivity index (χ2v) is 7.77. The Bertz CT molecular complexity index is 732. The van der Waals surface area contributed by atoms with E-state index in [9.17, 15) is 24.5 Å². The summed E-state index contributed by atoms with van der Waals surface area (Å²) in [4.78, 5) is 44.2. The second kappa shape index (κ2) is 8.62. The Morgan fingerprint density at radius 1 is 1.36 bits per heavy atom. The number of nitrogens with zero attached hydrogens (tertiary/aromatic N) is 1. The maximum Gasteiger partial charge on any atom is 0.330 e. The summed E-state index contributed by atoms with van der Waals surface area (Å²) in [5.74, 6) is 0. The Labute approximate surface area is 147 Å². The van der Waals surface area contributed by atoms with Crippen molar-refractivity contribution in [1.82, 2.24) is 9.55 Å². The van der Waals surface area contributed by atoms with Gasteiger partial charge >= 0.3 is 12.4 Å². The van der Waals surface area contributed by atoms with Crippen LogP contribution in [0, 0.1) is 0 Å². The van der Waals surface area contributed by atoms with Gasteiger partial charge in [-0.1, -0.05) is 0 Å². The van der Waals surface area contributed by atoms with Crippen LogP contribution < -0.4 is 11.2 Å². The number of aromatic amines is 1. The molecule has 0 aliphatic carbocycles. The van der Waals surface area contributed by atoms with Crippen molar-refractivity contribution < 1.29 is 33.6 Å². The number of aliphatic hydroxyl groups is 1. The molecular formula is C12H19N2O9PS. The Morgan fingerprint density at radius 3 is 2.64 bits per heavy atom. The van der Waals surface area contributed by atoms with Gasteiger partial charge in [-0.2, -0.15) is 0 Å². The molecule has 4 atom stereocenters. The van der Waals surface area contributed by atoms with E-state index >= 15 is 0 Å². The number of ether oxygens (including phenoxy) is 3. The van der Waals surface area contributed by atoms with Gasteiger partial charge in [0.05, 0.1) is 19.8 Å². The van der Waals surface area contributed by atoms with E-state index in [4.69, 9.17) is 18.7 Å². The van der Waals surface area contributed by atoms with Crippen molar-refractivity contribution in [3.63, 3.8) is 0 Å². The molecule has 0 amide bonds. The van der Waals surface area contributed by atoms with Crippen LogP contribution in [0.5, 0.6) is 0 Å². The van der Waals surface area contributed by atoms with Gasteiger partial charge in [-0.05, 0) is 11.8 Å². The van der Waals surface area contributed by atoms with Gasteiger partial charge in [-0.3, -0.25) is 18.9 Å². The third kappa shape index (κ3) is 5.26. The largest absolute Gasteiger partial charge is 0.394 e. The van der Waals surface area contributed by atoms with Crippen molar-refractivity contribution in [3.8, 4) is 0 Å². The van der Waals surface area contributed by atoms with Gasteiger partial charge < -0.3 is 29.1 Å². The number of aromatic nitrogens is 2. The highest BCUT2D eigenvalue weighted by Gasteiger charge is 2.49. The lowest BCUT2D eigenvalue weighted by atomic mass is 10.1. The number of hydrogen-bond acceptors (Lipinski definition) is 8. The Kier molecular flexibility index (Phi) is 7.02. The molecule has 0 bridgehead atoms. The van der Waals surface area contributed by atoms with Gasteiger partial charge in [0.15, 0.2) is 6.23 Å². The van der Waals surface area contributed by atoms with Gasteiger partial charge in [0, 0.05) is 19.4 Å². The predicted octanol–water partition coefficient (Wildman–Crippen LogP) is -1.95. The zero-order chi connectivity index (χ0) is 18.6. The molecule has 4 N–H and O–H groups in total. The summed E-state index contributed by atoms with van der Waals surface area (Å²) < 4.78 is 22.2. The molecule has 0 unspecified atom stereocenters. The zero-order valence-electron chi connectivity index (χ0n) is 13.2. The lowest BCUT2D eigenvalue weighted by molar-refractivity contribution is -0.0812. The number of hydrogen-bond donors (Lipinski definition) is 4. The van der Waals surface area contributed by atoms with Crippen LogP contribution in [0.15, 0.2) is 21.9 Å². The number of aliphatic hydroxyl groups excluding tert-OH is 1. The van der Waals surface area contributed by atoms with E-state index in [1.54, 1.807) is 0 Å². The van der Waals surface area contributed by atoms with Crippen LogP contribution >= 0.6 is 6.72 Å². The molecule has 1 fully saturated rings. The van der Waals surface area contributed by atoms with Crippen LogP contribution in [0.1, 0.15) is 6.23 Å². The minimum absolute atomic E-state index is 0.0802. The zero-order valence-corrected chi connectivity index (χ0v) is 14.9. The summed E-state index contributed by atoms with van der Waals surface area (Å²) in [7, 11) is 1.46. The van der Waals surface area contributed by atoms with Crippen molar-refractivity contribution in [2.45, 2.75) is 24.5 Å². The molecule has 1 aliphatic rings. The minimum Gasteiger partial charge on any atom is -0.394 e. The molecule has 25 heavy (non-hydrogen) atoms. The van der Waals surface area contributed by atoms with Crippen molar-refractivity contribution in [3.05, 3.63) is 33.1 Å². The van der Waals surface area contributed by atoms with E-state index in [0.717, 1.165) is 10.6 Å². The van der Waals surface area contributed by atoms with Crippen molar-refractivity contribution in [2.75, 3.05) is 26.9 Å². The monoisotopic (exact) mass is 398 g/mol. The van der Waals surface area contributed by atoms with Gasteiger partial charge in [-0.25, -0.2) is 4.79 Å². The lowest BCUT2D eigenvalue weighted by Gasteiger charge is -2.25. The molecule has 1 saturated heterocycles. The lowest BCUT2D eigenvalue weighted by Crippen LogP contribution is -2.40. The fraction of sp³-hybridized carbons (Fsp3) is 0.667. The van der Waals surface area contributed by atoms with Gasteiger partial charge in [0.1, 0.15) is 18.3 Å². The van der Waals surface area contributed by atoms with E-state index in [0.29, 0.717) is 0 Å². The molecule has 2 heterocycles. The first-order valence-electron chi connectivity index (χ1n) is 7.19. The highest BCUT2D eigenvalue weighted by molar-refractivity contribution is 8.06. The first-order chi connectivity index (χ1) is 11.8. The smallest absolute Gasteiger partial charge is 0.330 e. The molecule has 2 rings (SSSR count). The Hall–Kier alpha value is -0.950. The Balaban J connectivity index is 2.36. The van der Waals surface area contributed by atoms with E-state index in [-0.39, 0.29) is 13.2 Å². The molecule has 0 aromatic carbocycles. The number of rotatable bonds is 8. The fourth-order valence-electron chi connectivity index (χ4n) is 2.44. The molecule has 1 aliphatic heterocycles. The summed E-state index contributed by atoms with van der Waals surface area (Å²) in [6.45, 7) is -4.34. The molecule has 13 heteroatoms. The van der Waals surface area contributed by atoms with Crippen LogP contribution in [-0.2, 0) is 30.5 Å². The number of methoxy groups -OCH3 is 1. The topological polar surface area (TPSA) is 152 Å². The van der Waals surface area contributed by atoms with E-state index < -0.39 is 49.1 Å². The van der Waals surface area contributed by atoms with Crippen molar-refractivity contribution in [1.29, 1.82) is 0 Å². The van der Waals surface area contributed by atoms with Gasteiger partial charge in [0.2, 0.25) is 0 Å². The molecule has 0 radical (unpaired) electrons. The molecule has 11 nitrogen and oxygen atoms in total. The quantitative estimate of drug-likeness (QED) is 0.287. The van der Waals surface area contributed by atoms with Crippen molar-refractivity contribution >= 4 is 18.5 Å². The van der Waals surface area contributed by atoms with Gasteiger partial charge in [0.25, 0.3) is 5.56 Å². The van der Waals surface area contributed by atoms with Crippen LogP contribution in [0.3, 0.4) is 0 Å². The molecular weight excluding hydrogens is 379 g/mol. The molecule has 0 spiro atoms. The van der Waals surface area contributed by atoms with Gasteiger partial charge in [-0.15, -0.1) is 0 Å². The van der Waals surface area contributed by atoms with Crippen LogP contribution in [-0.4, -0.2) is 69.7 Å². The SMILES string of the molecule is COCCO[C@@H]1[C@H](OP(O)(O)=S)[C@@H](CO)O[C@H]1n1ccc(=O)[nH]c1=O. The maximum absolute atomic E-state index is 12.0. The van der Waals surface area contributed by atoms with Crippen LogP contribution in [0.4, 0.5) is 0 Å². The molecule has 1 aromatic rings. The van der Waals surface area contributed by atoms with Crippen LogP contribution in [0.25, 0.3) is 0 Å². The summed E-state index contributed by atoms with van der Waals surface area (Å²) in [5.41, 5.74) is -1.36. The van der Waals surface area contributed by atoms with Crippen molar-refractivity contribution in [2.24, 2.45) is 0 Å². The molecule has 1 aromatic heterocycles. The first-order valence-corrected chi connectivity index (χ1v) is 9.81. The predicted molar refractivity (Wildman–Crippen MR) is 87.5 cm³/mol. The summed E-state index contributed by atoms with van der Waals surface area (Å²) in [6.07, 6.45) is -3.09. The Morgan fingerprint density at radius 2 is 2.08 bits per heavy atom. The summed E-state index contributed by atoms with van der Waals surface area (Å²) in [6, 6.07) is 1.11. The van der Waals surface area contributed by atoms with Crippen LogP contribution in [0.2, 0.25) is 0 Å². The summed E-state index contributed by atoms with van der Waals surface area (Å²) in [5, 5.41) is 9.49. The second-order valence-electron chi connectivity index (χ2n) is 5.15. The standard InChI is InChI=1S/C12H19N2O9PS/c1-20-4-5-21-10-9(23-24(18,19)25)7(6-15)22-11(10)14-3-2-8(16)13-12(14)17/h2-3,7,9-11,15H,4-6H2,1H3,(H,13,16,17)(H2,18,19,25)/t7-,9-,10-,11-/m1/s1. The first kappa shape index (κ1) is 20.4. The van der Waals surface area contributed by atoms with E-state index in [2.05, 4.69) is 16.8 Å². The van der Waals surface area contributed by atoms with E-state index in [1.807, 2.05) is 0 Å².